The van der Waals surface area contributed by atoms with Crippen molar-refractivity contribution in [2.45, 2.75) is 77.9 Å². The minimum Gasteiger partial charge on any atom is -0.341 e. The third kappa shape index (κ3) is 7.60. The Hall–Kier alpha value is -1.35. The van der Waals surface area contributed by atoms with Gasteiger partial charge in [-0.25, -0.2) is 0 Å². The normalized spacial score (nSPS) is 13.6. The van der Waals surface area contributed by atoms with Crippen LogP contribution in [0.1, 0.15) is 77.3 Å². The number of nitrogens with one attached hydrogen (secondary N) is 2. The van der Waals surface area contributed by atoms with E-state index in [1.54, 1.807) is 0 Å². The number of hydrogen-bond donors (Lipinski definition) is 2. The summed E-state index contributed by atoms with van der Waals surface area (Å²) < 4.78 is 0. The smallest absolute Gasteiger partial charge is 0.221 e. The molecule has 0 saturated heterocycles. The van der Waals surface area contributed by atoms with E-state index in [4.69, 9.17) is 0 Å². The highest BCUT2D eigenvalue weighted by Crippen LogP contribution is 2.12. The minimum absolute atomic E-state index is 0.0401. The van der Waals surface area contributed by atoms with Crippen LogP contribution in [0.5, 0.6) is 0 Å². The van der Waals surface area contributed by atoms with Crippen LogP contribution in [0.2, 0.25) is 0 Å². The molecule has 0 spiro atoms. The Bertz CT molecular complexity index is 405. The molecule has 3 nitrogen and oxygen atoms in total. The number of hydrogen-bond acceptors (Lipinski definition) is 2. The highest BCUT2D eigenvalue weighted by Gasteiger charge is 2.13. The average molecular weight is 304 g/mol. The van der Waals surface area contributed by atoms with Crippen molar-refractivity contribution in [2.24, 2.45) is 0 Å². The van der Waals surface area contributed by atoms with Crippen molar-refractivity contribution in [1.82, 2.24) is 10.6 Å². The van der Waals surface area contributed by atoms with Gasteiger partial charge < -0.3 is 5.32 Å². The van der Waals surface area contributed by atoms with E-state index < -0.39 is 0 Å². The predicted octanol–water partition coefficient (Wildman–Crippen LogP) is 4.55. The van der Waals surface area contributed by atoms with E-state index in [-0.39, 0.29) is 18.1 Å². The Morgan fingerprint density at radius 1 is 1.05 bits per heavy atom. The molecule has 3 heteroatoms. The van der Waals surface area contributed by atoms with Crippen molar-refractivity contribution in [2.75, 3.05) is 0 Å². The van der Waals surface area contributed by atoms with Crippen LogP contribution in [0.3, 0.4) is 0 Å². The molecule has 124 valence electrons. The molecule has 2 unspecified atom stereocenters. The van der Waals surface area contributed by atoms with E-state index in [1.165, 1.54) is 24.8 Å². The summed E-state index contributed by atoms with van der Waals surface area (Å²) in [6.07, 6.45) is 7.48. The fraction of sp³-hybridized carbons (Fsp3) is 0.632. The first-order valence-corrected chi connectivity index (χ1v) is 8.77. The summed E-state index contributed by atoms with van der Waals surface area (Å²) in [7, 11) is 0. The summed E-state index contributed by atoms with van der Waals surface area (Å²) in [5.74, 6) is 0.163. The largest absolute Gasteiger partial charge is 0.341 e. The molecule has 1 aromatic carbocycles. The summed E-state index contributed by atoms with van der Waals surface area (Å²) in [5, 5.41) is 6.60. The number of carbonyl (C=O) groups excluding carboxylic acids is 1. The molecule has 22 heavy (non-hydrogen) atoms. The van der Waals surface area contributed by atoms with Gasteiger partial charge in [-0.2, -0.15) is 0 Å². The summed E-state index contributed by atoms with van der Waals surface area (Å²) in [6, 6.07) is 10.6. The lowest BCUT2D eigenvalue weighted by Crippen LogP contribution is -2.45. The van der Waals surface area contributed by atoms with Crippen molar-refractivity contribution in [3.63, 3.8) is 0 Å². The third-order valence-corrected chi connectivity index (χ3v) is 4.00. The van der Waals surface area contributed by atoms with Gasteiger partial charge in [-0.1, -0.05) is 69.9 Å². The summed E-state index contributed by atoms with van der Waals surface area (Å²) in [5.41, 5.74) is 1.25. The maximum Gasteiger partial charge on any atom is 0.221 e. The lowest BCUT2D eigenvalue weighted by Gasteiger charge is -2.23. The lowest BCUT2D eigenvalue weighted by atomic mass is 10.1. The molecule has 0 bridgehead atoms. The zero-order valence-corrected chi connectivity index (χ0v) is 14.4. The molecule has 0 saturated carbocycles. The zero-order valence-electron chi connectivity index (χ0n) is 14.4. The molecule has 0 heterocycles. The summed E-state index contributed by atoms with van der Waals surface area (Å²) in [6.45, 7) is 6.43. The Morgan fingerprint density at radius 2 is 1.73 bits per heavy atom. The number of benzene rings is 1. The molecule has 1 amide bonds. The summed E-state index contributed by atoms with van der Waals surface area (Å²) in [4.78, 5) is 12.0. The van der Waals surface area contributed by atoms with Crippen LogP contribution in [0.25, 0.3) is 0 Å². The van der Waals surface area contributed by atoms with Gasteiger partial charge in [0.15, 0.2) is 0 Å². The lowest BCUT2D eigenvalue weighted by molar-refractivity contribution is -0.122. The van der Waals surface area contributed by atoms with Crippen LogP contribution in [0.4, 0.5) is 0 Å². The van der Waals surface area contributed by atoms with Gasteiger partial charge in [0.25, 0.3) is 0 Å². The molecule has 0 aromatic heterocycles. The molecule has 0 fully saturated rings. The van der Waals surface area contributed by atoms with E-state index in [1.807, 2.05) is 18.2 Å². The topological polar surface area (TPSA) is 41.1 Å². The molecule has 0 aliphatic heterocycles. The van der Waals surface area contributed by atoms with Crippen LogP contribution in [-0.4, -0.2) is 12.1 Å². The van der Waals surface area contributed by atoms with Crippen LogP contribution in [-0.2, 0) is 4.79 Å². The highest BCUT2D eigenvalue weighted by molar-refractivity contribution is 5.76. The second-order valence-corrected chi connectivity index (χ2v) is 5.99. The van der Waals surface area contributed by atoms with Crippen molar-refractivity contribution >= 4 is 5.91 Å². The predicted molar refractivity (Wildman–Crippen MR) is 93.6 cm³/mol. The SMILES string of the molecule is CCCCCCCC(=O)NC(CC)NC(C)c1ccccc1. The van der Waals surface area contributed by atoms with Crippen molar-refractivity contribution in [3.8, 4) is 0 Å². The standard InChI is InChI=1S/C19H32N2O/c1-4-6-7-8-12-15-19(22)21-18(5-2)20-16(3)17-13-10-9-11-14-17/h9-11,13-14,16,18,20H,4-8,12,15H2,1-3H3,(H,21,22). The van der Waals surface area contributed by atoms with Crippen molar-refractivity contribution in [3.05, 3.63) is 35.9 Å². The van der Waals surface area contributed by atoms with Gasteiger partial charge in [-0.15, -0.1) is 0 Å². The Labute approximate surface area is 135 Å². The monoisotopic (exact) mass is 304 g/mol. The number of rotatable bonds is 11. The Kier molecular flexibility index (Phi) is 9.56. The van der Waals surface area contributed by atoms with Gasteiger partial charge in [-0.05, 0) is 25.3 Å². The second kappa shape index (κ2) is 11.2. The number of amides is 1. The van der Waals surface area contributed by atoms with Crippen molar-refractivity contribution < 1.29 is 4.79 Å². The molecule has 2 N–H and O–H groups in total. The van der Waals surface area contributed by atoms with Gasteiger partial charge in [-0.3, -0.25) is 10.1 Å². The van der Waals surface area contributed by atoms with E-state index in [2.05, 4.69) is 43.5 Å². The molecule has 2 atom stereocenters. The first kappa shape index (κ1) is 18.7. The molecule has 0 aliphatic carbocycles. The maximum absolute atomic E-state index is 12.0. The van der Waals surface area contributed by atoms with E-state index in [9.17, 15) is 4.79 Å². The Balaban J connectivity index is 2.30. The average Bonchev–Trinajstić information content (AvgIpc) is 2.54. The first-order valence-electron chi connectivity index (χ1n) is 8.77. The third-order valence-electron chi connectivity index (χ3n) is 4.00. The van der Waals surface area contributed by atoms with Crippen LogP contribution in [0.15, 0.2) is 30.3 Å². The minimum atomic E-state index is 0.0401. The molecule has 0 radical (unpaired) electrons. The fourth-order valence-electron chi connectivity index (χ4n) is 2.56. The van der Waals surface area contributed by atoms with Crippen LogP contribution >= 0.6 is 0 Å². The van der Waals surface area contributed by atoms with Gasteiger partial charge >= 0.3 is 0 Å². The van der Waals surface area contributed by atoms with Crippen LogP contribution < -0.4 is 10.6 Å². The quantitative estimate of drug-likeness (QED) is 0.465. The first-order chi connectivity index (χ1) is 10.7. The Morgan fingerprint density at radius 3 is 2.36 bits per heavy atom. The molecule has 1 aromatic rings. The zero-order chi connectivity index (χ0) is 16.2. The van der Waals surface area contributed by atoms with E-state index in [0.717, 1.165) is 19.3 Å². The molecular weight excluding hydrogens is 272 g/mol. The molecular formula is C19H32N2O. The van der Waals surface area contributed by atoms with E-state index >= 15 is 0 Å². The van der Waals surface area contributed by atoms with Gasteiger partial charge in [0.05, 0.1) is 6.17 Å². The maximum atomic E-state index is 12.0. The van der Waals surface area contributed by atoms with Gasteiger partial charge in [0.1, 0.15) is 0 Å². The van der Waals surface area contributed by atoms with E-state index in [0.29, 0.717) is 6.42 Å². The highest BCUT2D eigenvalue weighted by atomic mass is 16.1. The van der Waals surface area contributed by atoms with Gasteiger partial charge in [0.2, 0.25) is 5.91 Å². The molecule has 1 rings (SSSR count). The van der Waals surface area contributed by atoms with Crippen molar-refractivity contribution in [1.29, 1.82) is 0 Å². The summed E-state index contributed by atoms with van der Waals surface area (Å²) >= 11 is 0. The number of unbranched alkanes of at least 4 members (excludes halogenated alkanes) is 4. The molecule has 0 aliphatic rings. The fourth-order valence-corrected chi connectivity index (χ4v) is 2.56. The second-order valence-electron chi connectivity index (χ2n) is 5.99. The number of carbonyl (C=O) groups is 1. The van der Waals surface area contributed by atoms with Gasteiger partial charge in [0, 0.05) is 12.5 Å². The van der Waals surface area contributed by atoms with Crippen LogP contribution in [0, 0.1) is 0 Å².